The average molecular weight is 221 g/mol. The number of hydrogen-bond acceptors (Lipinski definition) is 2. The van der Waals surface area contributed by atoms with Crippen molar-refractivity contribution in [3.05, 3.63) is 17.0 Å². The second kappa shape index (κ2) is 4.58. The molecule has 0 radical (unpaired) electrons. The van der Waals surface area contributed by atoms with E-state index in [1.165, 1.54) is 36.2 Å². The first kappa shape index (κ1) is 11.6. The van der Waals surface area contributed by atoms with E-state index < -0.39 is 0 Å². The minimum Gasteiger partial charge on any atom is -0.310 e. The van der Waals surface area contributed by atoms with Crippen molar-refractivity contribution in [1.82, 2.24) is 15.1 Å². The molecule has 1 aliphatic carbocycles. The van der Waals surface area contributed by atoms with Gasteiger partial charge in [0.2, 0.25) is 0 Å². The smallest absolute Gasteiger partial charge is 0.0644 e. The van der Waals surface area contributed by atoms with Crippen LogP contribution in [0.2, 0.25) is 0 Å². The Kier molecular flexibility index (Phi) is 3.33. The monoisotopic (exact) mass is 221 g/mol. The largest absolute Gasteiger partial charge is 0.310 e. The van der Waals surface area contributed by atoms with Crippen molar-refractivity contribution in [2.45, 2.75) is 46.1 Å². The molecule has 1 heterocycles. The van der Waals surface area contributed by atoms with Gasteiger partial charge in [-0.05, 0) is 45.6 Å². The highest BCUT2D eigenvalue weighted by Gasteiger charge is 2.34. The maximum absolute atomic E-state index is 4.53. The summed E-state index contributed by atoms with van der Waals surface area (Å²) in [5, 5.41) is 8.22. The maximum atomic E-state index is 4.53. The summed E-state index contributed by atoms with van der Waals surface area (Å²) < 4.78 is 2.01. The molecule has 0 aromatic carbocycles. The summed E-state index contributed by atoms with van der Waals surface area (Å²) in [4.78, 5) is 0. The van der Waals surface area contributed by atoms with E-state index in [0.29, 0.717) is 6.04 Å². The molecule has 0 spiro atoms. The molecule has 0 bridgehead atoms. The summed E-state index contributed by atoms with van der Waals surface area (Å²) in [6.07, 6.45) is 3.94. The molecule has 1 fully saturated rings. The summed E-state index contributed by atoms with van der Waals surface area (Å²) in [7, 11) is 2.04. The lowest BCUT2D eigenvalue weighted by Gasteiger charge is -2.18. The van der Waals surface area contributed by atoms with Crippen molar-refractivity contribution >= 4 is 0 Å². The summed E-state index contributed by atoms with van der Waals surface area (Å²) in [6.45, 7) is 7.64. The van der Waals surface area contributed by atoms with Crippen LogP contribution in [0.4, 0.5) is 0 Å². The number of nitrogens with one attached hydrogen (secondary N) is 1. The molecule has 16 heavy (non-hydrogen) atoms. The minimum absolute atomic E-state index is 0.536. The van der Waals surface area contributed by atoms with Gasteiger partial charge in [0.1, 0.15) is 0 Å². The second-order valence-electron chi connectivity index (χ2n) is 4.98. The fraction of sp³-hybridized carbons (Fsp3) is 0.769. The Morgan fingerprint density at radius 2 is 2.12 bits per heavy atom. The standard InChI is InChI=1S/C13H23N3/c1-5-8-14-13(11-6-7-11)12-9(2)15-16(4)10(12)3/h11,13-14H,5-8H2,1-4H3. The highest BCUT2D eigenvalue weighted by Crippen LogP contribution is 2.42. The van der Waals surface area contributed by atoms with E-state index in [1.54, 1.807) is 0 Å². The third kappa shape index (κ3) is 2.14. The summed E-state index contributed by atoms with van der Waals surface area (Å²) in [6, 6.07) is 0.536. The van der Waals surface area contributed by atoms with Crippen molar-refractivity contribution in [2.75, 3.05) is 6.54 Å². The van der Waals surface area contributed by atoms with E-state index in [0.717, 1.165) is 12.5 Å². The van der Waals surface area contributed by atoms with Gasteiger partial charge in [0, 0.05) is 24.3 Å². The van der Waals surface area contributed by atoms with Gasteiger partial charge in [0.05, 0.1) is 5.69 Å². The van der Waals surface area contributed by atoms with Crippen molar-refractivity contribution in [2.24, 2.45) is 13.0 Å². The van der Waals surface area contributed by atoms with Gasteiger partial charge >= 0.3 is 0 Å². The lowest BCUT2D eigenvalue weighted by atomic mass is 10.0. The normalized spacial score (nSPS) is 17.8. The Morgan fingerprint density at radius 3 is 2.56 bits per heavy atom. The Hall–Kier alpha value is -0.830. The van der Waals surface area contributed by atoms with Gasteiger partial charge in [-0.25, -0.2) is 0 Å². The molecule has 3 heteroatoms. The van der Waals surface area contributed by atoms with Crippen LogP contribution in [0, 0.1) is 19.8 Å². The molecule has 1 aromatic heterocycles. The van der Waals surface area contributed by atoms with E-state index >= 15 is 0 Å². The van der Waals surface area contributed by atoms with E-state index in [2.05, 4.69) is 31.2 Å². The van der Waals surface area contributed by atoms with Crippen LogP contribution in [-0.4, -0.2) is 16.3 Å². The Labute approximate surface area is 98.2 Å². The first-order chi connectivity index (χ1) is 7.65. The van der Waals surface area contributed by atoms with Crippen molar-refractivity contribution < 1.29 is 0 Å². The maximum Gasteiger partial charge on any atom is 0.0644 e. The predicted octanol–water partition coefficient (Wildman–Crippen LogP) is 2.49. The number of aromatic nitrogens is 2. The predicted molar refractivity (Wildman–Crippen MR) is 66.4 cm³/mol. The molecule has 1 unspecified atom stereocenters. The number of hydrogen-bond donors (Lipinski definition) is 1. The van der Waals surface area contributed by atoms with Crippen LogP contribution in [0.5, 0.6) is 0 Å². The topological polar surface area (TPSA) is 29.9 Å². The molecule has 0 aliphatic heterocycles. The molecule has 1 N–H and O–H groups in total. The quantitative estimate of drug-likeness (QED) is 0.828. The Morgan fingerprint density at radius 1 is 1.44 bits per heavy atom. The van der Waals surface area contributed by atoms with Crippen LogP contribution in [-0.2, 0) is 7.05 Å². The number of aryl methyl sites for hydroxylation is 2. The van der Waals surface area contributed by atoms with E-state index in [9.17, 15) is 0 Å². The van der Waals surface area contributed by atoms with Gasteiger partial charge in [-0.1, -0.05) is 6.92 Å². The molecule has 3 nitrogen and oxygen atoms in total. The van der Waals surface area contributed by atoms with Crippen LogP contribution in [0.1, 0.15) is 49.2 Å². The van der Waals surface area contributed by atoms with Crippen molar-refractivity contribution in [1.29, 1.82) is 0 Å². The van der Waals surface area contributed by atoms with Gasteiger partial charge in [-0.3, -0.25) is 4.68 Å². The molecule has 2 rings (SSSR count). The zero-order chi connectivity index (χ0) is 11.7. The fourth-order valence-electron chi connectivity index (χ4n) is 2.47. The lowest BCUT2D eigenvalue weighted by Crippen LogP contribution is -2.24. The molecule has 1 saturated carbocycles. The van der Waals surface area contributed by atoms with Gasteiger partial charge in [0.15, 0.2) is 0 Å². The van der Waals surface area contributed by atoms with Gasteiger partial charge in [-0.15, -0.1) is 0 Å². The Balaban J connectivity index is 2.23. The molecule has 1 aliphatic rings. The molecule has 1 aromatic rings. The second-order valence-corrected chi connectivity index (χ2v) is 4.98. The SMILES string of the molecule is CCCNC(c1c(C)nn(C)c1C)C1CC1. The number of rotatable bonds is 5. The fourth-order valence-corrected chi connectivity index (χ4v) is 2.47. The first-order valence-electron chi connectivity index (χ1n) is 6.38. The average Bonchev–Trinajstić information content (AvgIpc) is 3.02. The van der Waals surface area contributed by atoms with Crippen LogP contribution in [0.15, 0.2) is 0 Å². The van der Waals surface area contributed by atoms with Crippen molar-refractivity contribution in [3.8, 4) is 0 Å². The Bertz CT molecular complexity index is 363. The third-order valence-electron chi connectivity index (χ3n) is 3.58. The van der Waals surface area contributed by atoms with Gasteiger partial charge in [0.25, 0.3) is 0 Å². The molecular formula is C13H23N3. The van der Waals surface area contributed by atoms with E-state index in [-0.39, 0.29) is 0 Å². The molecule has 90 valence electrons. The molecule has 0 amide bonds. The molecule has 1 atom stereocenters. The van der Waals surface area contributed by atoms with Crippen LogP contribution < -0.4 is 5.32 Å². The highest BCUT2D eigenvalue weighted by atomic mass is 15.3. The zero-order valence-corrected chi connectivity index (χ0v) is 10.9. The lowest BCUT2D eigenvalue weighted by molar-refractivity contribution is 0.477. The van der Waals surface area contributed by atoms with Crippen LogP contribution in [0.3, 0.4) is 0 Å². The van der Waals surface area contributed by atoms with Crippen LogP contribution >= 0.6 is 0 Å². The van der Waals surface area contributed by atoms with Crippen LogP contribution in [0.25, 0.3) is 0 Å². The zero-order valence-electron chi connectivity index (χ0n) is 10.9. The summed E-state index contributed by atoms with van der Waals surface area (Å²) >= 11 is 0. The highest BCUT2D eigenvalue weighted by molar-refractivity contribution is 5.29. The van der Waals surface area contributed by atoms with E-state index in [1.807, 2.05) is 11.7 Å². The summed E-state index contributed by atoms with van der Waals surface area (Å²) in [5.74, 6) is 0.841. The molecule has 0 saturated heterocycles. The van der Waals surface area contributed by atoms with E-state index in [4.69, 9.17) is 0 Å². The summed E-state index contributed by atoms with van der Waals surface area (Å²) in [5.41, 5.74) is 3.96. The van der Waals surface area contributed by atoms with Crippen molar-refractivity contribution in [3.63, 3.8) is 0 Å². The number of nitrogens with zero attached hydrogens (tertiary/aromatic N) is 2. The van der Waals surface area contributed by atoms with Gasteiger partial charge < -0.3 is 5.32 Å². The third-order valence-corrected chi connectivity index (χ3v) is 3.58. The minimum atomic E-state index is 0.536. The van der Waals surface area contributed by atoms with Gasteiger partial charge in [-0.2, -0.15) is 5.10 Å². The molecular weight excluding hydrogens is 198 g/mol. The first-order valence-corrected chi connectivity index (χ1v) is 6.38.